The monoisotopic (exact) mass is 266 g/mol. The molecule has 1 saturated carbocycles. The minimum absolute atomic E-state index is 0.243. The Morgan fingerprint density at radius 2 is 2.00 bits per heavy atom. The van der Waals surface area contributed by atoms with Gasteiger partial charge in [-0.25, -0.2) is 0 Å². The van der Waals surface area contributed by atoms with Crippen LogP contribution in [0.1, 0.15) is 65.2 Å². The first-order valence-corrected chi connectivity index (χ1v) is 8.11. The largest absolute Gasteiger partial charge is 0.341 e. The molecular formula is C16H30N2O. The van der Waals surface area contributed by atoms with Crippen LogP contribution in [0.15, 0.2) is 0 Å². The minimum atomic E-state index is -0.243. The van der Waals surface area contributed by atoms with Crippen LogP contribution in [-0.2, 0) is 4.79 Å². The van der Waals surface area contributed by atoms with Crippen molar-refractivity contribution in [2.75, 3.05) is 13.6 Å². The second-order valence-electron chi connectivity index (χ2n) is 6.69. The van der Waals surface area contributed by atoms with Gasteiger partial charge in [-0.1, -0.05) is 20.3 Å². The molecule has 3 heteroatoms. The van der Waals surface area contributed by atoms with Crippen LogP contribution in [0, 0.1) is 5.92 Å². The number of amides is 1. The zero-order valence-electron chi connectivity index (χ0n) is 12.9. The van der Waals surface area contributed by atoms with Gasteiger partial charge in [-0.15, -0.1) is 0 Å². The van der Waals surface area contributed by atoms with Crippen molar-refractivity contribution >= 4 is 5.91 Å². The van der Waals surface area contributed by atoms with E-state index in [1.807, 2.05) is 7.05 Å². The zero-order valence-corrected chi connectivity index (χ0v) is 12.9. The van der Waals surface area contributed by atoms with Crippen LogP contribution in [0.5, 0.6) is 0 Å². The van der Waals surface area contributed by atoms with Crippen molar-refractivity contribution in [1.29, 1.82) is 0 Å². The molecular weight excluding hydrogens is 236 g/mol. The summed E-state index contributed by atoms with van der Waals surface area (Å²) < 4.78 is 0. The predicted molar refractivity (Wildman–Crippen MR) is 79.1 cm³/mol. The molecule has 1 saturated heterocycles. The van der Waals surface area contributed by atoms with E-state index in [0.29, 0.717) is 11.9 Å². The van der Waals surface area contributed by atoms with E-state index in [-0.39, 0.29) is 5.54 Å². The molecule has 1 aliphatic heterocycles. The first-order valence-electron chi connectivity index (χ1n) is 8.11. The van der Waals surface area contributed by atoms with Gasteiger partial charge in [0.25, 0.3) is 0 Å². The Labute approximate surface area is 118 Å². The molecule has 0 aromatic rings. The summed E-state index contributed by atoms with van der Waals surface area (Å²) in [7, 11) is 2.03. The lowest BCUT2D eigenvalue weighted by atomic mass is 9.84. The summed E-state index contributed by atoms with van der Waals surface area (Å²) in [5.41, 5.74) is -0.243. The van der Waals surface area contributed by atoms with E-state index in [9.17, 15) is 4.79 Å². The third-order valence-corrected chi connectivity index (χ3v) is 5.18. The molecule has 110 valence electrons. The molecule has 1 aliphatic carbocycles. The summed E-state index contributed by atoms with van der Waals surface area (Å²) in [4.78, 5) is 15.0. The first-order chi connectivity index (χ1) is 9.09. The molecule has 1 atom stereocenters. The highest BCUT2D eigenvalue weighted by Crippen LogP contribution is 2.31. The summed E-state index contributed by atoms with van der Waals surface area (Å²) in [5, 5.41) is 3.51. The van der Waals surface area contributed by atoms with Gasteiger partial charge in [-0.05, 0) is 57.4 Å². The van der Waals surface area contributed by atoms with E-state index < -0.39 is 0 Å². The maximum absolute atomic E-state index is 12.9. The van der Waals surface area contributed by atoms with Gasteiger partial charge in [-0.3, -0.25) is 4.79 Å². The van der Waals surface area contributed by atoms with E-state index in [2.05, 4.69) is 24.1 Å². The fourth-order valence-corrected chi connectivity index (χ4v) is 3.87. The average Bonchev–Trinajstić information content (AvgIpc) is 2.88. The molecule has 0 aromatic heterocycles. The van der Waals surface area contributed by atoms with Crippen molar-refractivity contribution in [2.24, 2.45) is 5.92 Å². The fourth-order valence-electron chi connectivity index (χ4n) is 3.87. The molecule has 1 heterocycles. The quantitative estimate of drug-likeness (QED) is 0.848. The van der Waals surface area contributed by atoms with Crippen molar-refractivity contribution in [2.45, 2.75) is 76.8 Å². The average molecular weight is 266 g/mol. The Bertz CT molecular complexity index is 302. The van der Waals surface area contributed by atoms with Gasteiger partial charge in [0, 0.05) is 13.1 Å². The Hall–Kier alpha value is -0.570. The topological polar surface area (TPSA) is 32.3 Å². The predicted octanol–water partition coefficient (Wildman–Crippen LogP) is 2.95. The standard InChI is InChI=1S/C16H30N2O/c1-4-10-16(11-5-12-17-16)15(19)18(3)14-8-6-13(2)7-9-14/h13-14,17H,4-12H2,1-3H3. The number of hydrogen-bond donors (Lipinski definition) is 1. The third-order valence-electron chi connectivity index (χ3n) is 5.18. The van der Waals surface area contributed by atoms with E-state index in [0.717, 1.165) is 38.1 Å². The highest BCUT2D eigenvalue weighted by atomic mass is 16.2. The molecule has 1 unspecified atom stereocenters. The molecule has 19 heavy (non-hydrogen) atoms. The van der Waals surface area contributed by atoms with Crippen LogP contribution in [-0.4, -0.2) is 36.0 Å². The van der Waals surface area contributed by atoms with Crippen LogP contribution in [0.25, 0.3) is 0 Å². The second kappa shape index (κ2) is 6.25. The van der Waals surface area contributed by atoms with E-state index in [1.54, 1.807) is 0 Å². The van der Waals surface area contributed by atoms with Gasteiger partial charge >= 0.3 is 0 Å². The van der Waals surface area contributed by atoms with E-state index in [4.69, 9.17) is 0 Å². The maximum atomic E-state index is 12.9. The van der Waals surface area contributed by atoms with Gasteiger partial charge in [0.1, 0.15) is 0 Å². The van der Waals surface area contributed by atoms with Crippen LogP contribution in [0.2, 0.25) is 0 Å². The van der Waals surface area contributed by atoms with Gasteiger partial charge in [0.15, 0.2) is 0 Å². The molecule has 0 aromatic carbocycles. The zero-order chi connectivity index (χ0) is 13.9. The number of carbonyl (C=O) groups is 1. The van der Waals surface area contributed by atoms with Gasteiger partial charge in [-0.2, -0.15) is 0 Å². The molecule has 0 spiro atoms. The normalized spacial score (nSPS) is 35.3. The van der Waals surface area contributed by atoms with Gasteiger partial charge in [0.05, 0.1) is 5.54 Å². The number of rotatable bonds is 4. The number of nitrogens with zero attached hydrogens (tertiary/aromatic N) is 1. The highest BCUT2D eigenvalue weighted by molar-refractivity contribution is 5.86. The number of carbonyl (C=O) groups excluding carboxylic acids is 1. The lowest BCUT2D eigenvalue weighted by Gasteiger charge is -2.39. The number of likely N-dealkylation sites (N-methyl/N-ethyl adjacent to an activating group) is 1. The summed E-state index contributed by atoms with van der Waals surface area (Å²) in [6, 6.07) is 0.472. The Balaban J connectivity index is 2.00. The summed E-state index contributed by atoms with van der Waals surface area (Å²) in [5.74, 6) is 1.19. The molecule has 2 aliphatic rings. The maximum Gasteiger partial charge on any atom is 0.242 e. The Kier molecular flexibility index (Phi) is 4.88. The Morgan fingerprint density at radius 3 is 2.53 bits per heavy atom. The van der Waals surface area contributed by atoms with Crippen molar-refractivity contribution < 1.29 is 4.79 Å². The summed E-state index contributed by atoms with van der Waals surface area (Å²) in [6.45, 7) is 5.51. The van der Waals surface area contributed by atoms with Crippen LogP contribution >= 0.6 is 0 Å². The number of hydrogen-bond acceptors (Lipinski definition) is 2. The lowest BCUT2D eigenvalue weighted by molar-refractivity contribution is -0.139. The SMILES string of the molecule is CCCC1(C(=O)N(C)C2CCC(C)CC2)CCCN1. The molecule has 2 fully saturated rings. The molecule has 1 N–H and O–H groups in total. The van der Waals surface area contributed by atoms with Gasteiger partial charge in [0.2, 0.25) is 5.91 Å². The summed E-state index contributed by atoms with van der Waals surface area (Å²) in [6.07, 6.45) is 9.15. The van der Waals surface area contributed by atoms with E-state index >= 15 is 0 Å². The molecule has 0 bridgehead atoms. The van der Waals surface area contributed by atoms with Crippen molar-refractivity contribution in [3.63, 3.8) is 0 Å². The second-order valence-corrected chi connectivity index (χ2v) is 6.69. The van der Waals surface area contributed by atoms with Crippen LogP contribution < -0.4 is 5.32 Å². The molecule has 1 amide bonds. The third kappa shape index (κ3) is 3.13. The van der Waals surface area contributed by atoms with Crippen molar-refractivity contribution in [1.82, 2.24) is 10.2 Å². The molecule has 3 nitrogen and oxygen atoms in total. The van der Waals surface area contributed by atoms with Crippen LogP contribution in [0.4, 0.5) is 0 Å². The fraction of sp³-hybridized carbons (Fsp3) is 0.938. The summed E-state index contributed by atoms with van der Waals surface area (Å²) >= 11 is 0. The highest BCUT2D eigenvalue weighted by Gasteiger charge is 2.43. The van der Waals surface area contributed by atoms with Crippen LogP contribution in [0.3, 0.4) is 0 Å². The Morgan fingerprint density at radius 1 is 1.32 bits per heavy atom. The molecule has 2 rings (SSSR count). The van der Waals surface area contributed by atoms with Crippen molar-refractivity contribution in [3.05, 3.63) is 0 Å². The number of nitrogens with one attached hydrogen (secondary N) is 1. The van der Waals surface area contributed by atoms with Gasteiger partial charge < -0.3 is 10.2 Å². The van der Waals surface area contributed by atoms with E-state index in [1.165, 1.54) is 25.7 Å². The lowest BCUT2D eigenvalue weighted by Crippen LogP contribution is -2.56. The van der Waals surface area contributed by atoms with Crippen molar-refractivity contribution in [3.8, 4) is 0 Å². The molecule has 0 radical (unpaired) electrons. The first kappa shape index (κ1) is 14.8. The smallest absolute Gasteiger partial charge is 0.242 e. The minimum Gasteiger partial charge on any atom is -0.341 e.